The molecule has 0 saturated carbocycles. The molecule has 0 aliphatic carbocycles. The van der Waals surface area contributed by atoms with E-state index in [1.54, 1.807) is 0 Å². The van der Waals surface area contributed by atoms with Crippen LogP contribution in [0.5, 0.6) is 0 Å². The SMILES string of the molecule is C[C@@H](CO)NS(=O)(=O)c1cc(S(C)(=O)=O)ccc1F. The van der Waals surface area contributed by atoms with Gasteiger partial charge in [-0.15, -0.1) is 0 Å². The summed E-state index contributed by atoms with van der Waals surface area (Å²) in [5.41, 5.74) is 0. The second-order valence-corrected chi connectivity index (χ2v) is 7.77. The minimum Gasteiger partial charge on any atom is -0.395 e. The lowest BCUT2D eigenvalue weighted by Crippen LogP contribution is -2.35. The van der Waals surface area contributed by atoms with Crippen molar-refractivity contribution < 1.29 is 26.3 Å². The highest BCUT2D eigenvalue weighted by Gasteiger charge is 2.23. The third kappa shape index (κ3) is 3.96. The van der Waals surface area contributed by atoms with Crippen LogP contribution in [0.2, 0.25) is 0 Å². The van der Waals surface area contributed by atoms with E-state index in [0.717, 1.165) is 24.5 Å². The molecule has 0 aliphatic rings. The summed E-state index contributed by atoms with van der Waals surface area (Å²) in [6, 6.07) is 1.69. The Kier molecular flexibility index (Phi) is 4.67. The van der Waals surface area contributed by atoms with Gasteiger partial charge in [-0.1, -0.05) is 0 Å². The van der Waals surface area contributed by atoms with Crippen LogP contribution >= 0.6 is 0 Å². The Morgan fingerprint density at radius 3 is 2.37 bits per heavy atom. The Labute approximate surface area is 111 Å². The fourth-order valence-electron chi connectivity index (χ4n) is 1.29. The number of aliphatic hydroxyl groups excluding tert-OH is 1. The van der Waals surface area contributed by atoms with Crippen LogP contribution in [0.25, 0.3) is 0 Å². The van der Waals surface area contributed by atoms with Crippen LogP contribution in [-0.2, 0) is 19.9 Å². The summed E-state index contributed by atoms with van der Waals surface area (Å²) in [7, 11) is -7.88. The Morgan fingerprint density at radius 2 is 1.89 bits per heavy atom. The second-order valence-electron chi connectivity index (χ2n) is 4.07. The molecule has 0 fully saturated rings. The van der Waals surface area contributed by atoms with Gasteiger partial charge in [0.05, 0.1) is 11.5 Å². The highest BCUT2D eigenvalue weighted by molar-refractivity contribution is 7.91. The maximum Gasteiger partial charge on any atom is 0.243 e. The van der Waals surface area contributed by atoms with Gasteiger partial charge in [-0.3, -0.25) is 0 Å². The molecule has 1 aromatic rings. The van der Waals surface area contributed by atoms with Crippen LogP contribution in [0.15, 0.2) is 28.0 Å². The molecule has 6 nitrogen and oxygen atoms in total. The van der Waals surface area contributed by atoms with Gasteiger partial charge in [0, 0.05) is 12.3 Å². The number of hydrogen-bond acceptors (Lipinski definition) is 5. The quantitative estimate of drug-likeness (QED) is 0.739. The van der Waals surface area contributed by atoms with E-state index in [2.05, 4.69) is 0 Å². The van der Waals surface area contributed by atoms with Crippen molar-refractivity contribution in [2.75, 3.05) is 12.9 Å². The van der Waals surface area contributed by atoms with Crippen molar-refractivity contribution in [2.45, 2.75) is 22.8 Å². The normalized spacial score (nSPS) is 14.3. The standard InChI is InChI=1S/C10H14FNO5S2/c1-7(6-13)12-19(16,17)10-5-8(18(2,14)15)3-4-9(10)11/h3-5,7,12-13H,6H2,1-2H3/t7-/m0/s1. The monoisotopic (exact) mass is 311 g/mol. The van der Waals surface area contributed by atoms with E-state index < -0.39 is 43.2 Å². The zero-order valence-electron chi connectivity index (χ0n) is 10.3. The van der Waals surface area contributed by atoms with Gasteiger partial charge >= 0.3 is 0 Å². The molecule has 0 radical (unpaired) electrons. The van der Waals surface area contributed by atoms with Crippen molar-refractivity contribution in [1.29, 1.82) is 0 Å². The van der Waals surface area contributed by atoms with Gasteiger partial charge in [-0.05, 0) is 25.1 Å². The molecule has 0 saturated heterocycles. The number of sulfone groups is 1. The van der Waals surface area contributed by atoms with Gasteiger partial charge in [-0.2, -0.15) is 0 Å². The summed E-state index contributed by atoms with van der Waals surface area (Å²) < 4.78 is 61.9. The Bertz CT molecular complexity index is 669. The zero-order valence-corrected chi connectivity index (χ0v) is 11.9. The molecule has 19 heavy (non-hydrogen) atoms. The third-order valence-electron chi connectivity index (χ3n) is 2.25. The van der Waals surface area contributed by atoms with E-state index in [1.165, 1.54) is 6.92 Å². The molecule has 108 valence electrons. The van der Waals surface area contributed by atoms with Crippen molar-refractivity contribution in [3.8, 4) is 0 Å². The lowest BCUT2D eigenvalue weighted by Gasteiger charge is -2.12. The van der Waals surface area contributed by atoms with Crippen molar-refractivity contribution in [1.82, 2.24) is 4.72 Å². The van der Waals surface area contributed by atoms with Crippen molar-refractivity contribution in [3.63, 3.8) is 0 Å². The first-order valence-electron chi connectivity index (χ1n) is 5.20. The molecule has 0 unspecified atom stereocenters. The zero-order chi connectivity index (χ0) is 14.8. The summed E-state index contributed by atoms with van der Waals surface area (Å²) in [5.74, 6) is -1.06. The van der Waals surface area contributed by atoms with Crippen LogP contribution in [0.4, 0.5) is 4.39 Å². The molecule has 0 spiro atoms. The molecular weight excluding hydrogens is 297 g/mol. The first kappa shape index (κ1) is 16.0. The summed E-state index contributed by atoms with van der Waals surface area (Å²) in [6.45, 7) is 0.919. The summed E-state index contributed by atoms with van der Waals surface area (Å²) in [6.07, 6.45) is 0.889. The summed E-state index contributed by atoms with van der Waals surface area (Å²) in [4.78, 5) is -1.07. The number of aliphatic hydroxyl groups is 1. The number of benzene rings is 1. The average molecular weight is 311 g/mol. The minimum absolute atomic E-state index is 0.300. The Hall–Kier alpha value is -1.03. The summed E-state index contributed by atoms with van der Waals surface area (Å²) in [5, 5.41) is 8.78. The minimum atomic E-state index is -4.23. The lowest BCUT2D eigenvalue weighted by atomic mass is 10.3. The third-order valence-corrected chi connectivity index (χ3v) is 4.97. The van der Waals surface area contributed by atoms with Gasteiger partial charge in [0.2, 0.25) is 10.0 Å². The molecule has 0 heterocycles. The molecule has 0 amide bonds. The van der Waals surface area contributed by atoms with Crippen molar-refractivity contribution in [2.24, 2.45) is 0 Å². The first-order chi connectivity index (χ1) is 8.58. The number of sulfonamides is 1. The topological polar surface area (TPSA) is 101 Å². The van der Waals surface area contributed by atoms with E-state index in [4.69, 9.17) is 5.11 Å². The number of halogens is 1. The first-order valence-corrected chi connectivity index (χ1v) is 8.58. The van der Waals surface area contributed by atoms with E-state index in [-0.39, 0.29) is 4.90 Å². The summed E-state index contributed by atoms with van der Waals surface area (Å²) >= 11 is 0. The molecular formula is C10H14FNO5S2. The molecule has 0 aliphatic heterocycles. The van der Waals surface area contributed by atoms with Gasteiger partial charge in [-0.25, -0.2) is 25.9 Å². The molecule has 2 N–H and O–H groups in total. The lowest BCUT2D eigenvalue weighted by molar-refractivity contribution is 0.265. The predicted octanol–water partition coefficient (Wildman–Crippen LogP) is -0.112. The van der Waals surface area contributed by atoms with Gasteiger partial charge in [0.15, 0.2) is 9.84 Å². The molecule has 1 rings (SSSR count). The maximum atomic E-state index is 13.5. The van der Waals surface area contributed by atoms with Gasteiger partial charge in [0.1, 0.15) is 10.7 Å². The highest BCUT2D eigenvalue weighted by atomic mass is 32.2. The average Bonchev–Trinajstić information content (AvgIpc) is 2.26. The second kappa shape index (κ2) is 5.53. The fraction of sp³-hybridized carbons (Fsp3) is 0.400. The molecule has 1 aromatic carbocycles. The van der Waals surface area contributed by atoms with Crippen LogP contribution in [0.1, 0.15) is 6.92 Å². The molecule has 0 bridgehead atoms. The molecule has 9 heteroatoms. The Balaban J connectivity index is 3.34. The van der Waals surface area contributed by atoms with Crippen LogP contribution in [0.3, 0.4) is 0 Å². The Morgan fingerprint density at radius 1 is 1.32 bits per heavy atom. The van der Waals surface area contributed by atoms with Crippen molar-refractivity contribution in [3.05, 3.63) is 24.0 Å². The van der Waals surface area contributed by atoms with Crippen molar-refractivity contribution >= 4 is 19.9 Å². The van der Waals surface area contributed by atoms with E-state index >= 15 is 0 Å². The predicted molar refractivity (Wildman–Crippen MR) is 66.4 cm³/mol. The van der Waals surface area contributed by atoms with E-state index in [9.17, 15) is 21.2 Å². The molecule has 1 atom stereocenters. The van der Waals surface area contributed by atoms with E-state index in [0.29, 0.717) is 0 Å². The van der Waals surface area contributed by atoms with Gasteiger partial charge in [0.25, 0.3) is 0 Å². The number of hydrogen-bond donors (Lipinski definition) is 2. The largest absolute Gasteiger partial charge is 0.395 e. The van der Waals surface area contributed by atoms with Crippen LogP contribution < -0.4 is 4.72 Å². The van der Waals surface area contributed by atoms with Crippen LogP contribution in [0, 0.1) is 5.82 Å². The molecule has 0 aromatic heterocycles. The smallest absolute Gasteiger partial charge is 0.243 e. The van der Waals surface area contributed by atoms with Crippen LogP contribution in [-0.4, -0.2) is 40.8 Å². The van der Waals surface area contributed by atoms with Gasteiger partial charge < -0.3 is 5.11 Å². The number of rotatable bonds is 5. The van der Waals surface area contributed by atoms with E-state index in [1.807, 2.05) is 4.72 Å². The number of nitrogens with one attached hydrogen (secondary N) is 1. The fourth-order valence-corrected chi connectivity index (χ4v) is 3.35. The highest BCUT2D eigenvalue weighted by Crippen LogP contribution is 2.19. The maximum absolute atomic E-state index is 13.5.